The molecule has 0 fully saturated rings. The Morgan fingerprint density at radius 3 is 2.45 bits per heavy atom. The van der Waals surface area contributed by atoms with Gasteiger partial charge in [-0.3, -0.25) is 14.3 Å². The van der Waals surface area contributed by atoms with Crippen molar-refractivity contribution in [3.8, 4) is 11.4 Å². The van der Waals surface area contributed by atoms with E-state index in [9.17, 15) is 9.59 Å². The molecule has 1 unspecified atom stereocenters. The Balaban J connectivity index is 1.74. The maximum Gasteiger partial charge on any atom is 0.295 e. The van der Waals surface area contributed by atoms with Gasteiger partial charge in [0.15, 0.2) is 0 Å². The fourth-order valence-corrected chi connectivity index (χ4v) is 3.15. The van der Waals surface area contributed by atoms with E-state index in [2.05, 4.69) is 10.6 Å². The number of ether oxygens (including phenoxy) is 1. The van der Waals surface area contributed by atoms with Crippen LogP contribution < -0.4 is 20.9 Å². The molecule has 7 heteroatoms. The molecule has 2 aromatic carbocycles. The van der Waals surface area contributed by atoms with Crippen molar-refractivity contribution in [2.24, 2.45) is 7.05 Å². The van der Waals surface area contributed by atoms with Gasteiger partial charge in [0.25, 0.3) is 5.56 Å². The molecule has 0 radical (unpaired) electrons. The van der Waals surface area contributed by atoms with E-state index in [0.29, 0.717) is 12.2 Å². The molecule has 1 amide bonds. The van der Waals surface area contributed by atoms with Gasteiger partial charge in [-0.25, -0.2) is 4.68 Å². The van der Waals surface area contributed by atoms with Gasteiger partial charge in [-0.1, -0.05) is 36.4 Å². The van der Waals surface area contributed by atoms with Crippen LogP contribution in [0.15, 0.2) is 59.4 Å². The molecule has 0 aliphatic carbocycles. The fourth-order valence-electron chi connectivity index (χ4n) is 3.15. The zero-order valence-electron chi connectivity index (χ0n) is 17.1. The van der Waals surface area contributed by atoms with Crippen LogP contribution in [0.5, 0.6) is 5.75 Å². The van der Waals surface area contributed by atoms with Gasteiger partial charge in [0.1, 0.15) is 11.4 Å². The predicted octanol–water partition coefficient (Wildman–Crippen LogP) is 2.61. The summed E-state index contributed by atoms with van der Waals surface area (Å²) >= 11 is 0. The highest BCUT2D eigenvalue weighted by Crippen LogP contribution is 2.17. The number of aromatic nitrogens is 2. The molecule has 152 valence electrons. The lowest BCUT2D eigenvalue weighted by molar-refractivity contribution is -0.117. The smallest absolute Gasteiger partial charge is 0.295 e. The highest BCUT2D eigenvalue weighted by molar-refractivity contribution is 5.94. The van der Waals surface area contributed by atoms with E-state index < -0.39 is 6.04 Å². The summed E-state index contributed by atoms with van der Waals surface area (Å²) in [4.78, 5) is 25.6. The van der Waals surface area contributed by atoms with Gasteiger partial charge < -0.3 is 15.4 Å². The van der Waals surface area contributed by atoms with Gasteiger partial charge in [-0.05, 0) is 32.0 Å². The molecular formula is C22H26N4O3. The number of nitrogens with one attached hydrogen (secondary N) is 2. The zero-order valence-corrected chi connectivity index (χ0v) is 17.1. The van der Waals surface area contributed by atoms with E-state index >= 15 is 0 Å². The Morgan fingerprint density at radius 1 is 1.10 bits per heavy atom. The van der Waals surface area contributed by atoms with Crippen LogP contribution in [0.3, 0.4) is 0 Å². The molecule has 0 spiro atoms. The van der Waals surface area contributed by atoms with E-state index in [4.69, 9.17) is 4.74 Å². The van der Waals surface area contributed by atoms with E-state index in [1.54, 1.807) is 25.8 Å². The minimum atomic E-state index is -0.496. The first-order chi connectivity index (χ1) is 13.9. The zero-order chi connectivity index (χ0) is 21.0. The second-order valence-electron chi connectivity index (χ2n) is 6.84. The SMILES string of the molecule is COc1ccccc1CNC(C)C(=O)Nc1c(C)n(C)n(-c2ccccc2)c1=O. The molecule has 7 nitrogen and oxygen atoms in total. The van der Waals surface area contributed by atoms with Crippen molar-refractivity contribution in [2.75, 3.05) is 12.4 Å². The molecule has 0 bridgehead atoms. The van der Waals surface area contributed by atoms with Crippen molar-refractivity contribution in [1.82, 2.24) is 14.7 Å². The normalized spacial score (nSPS) is 11.9. The van der Waals surface area contributed by atoms with Crippen LogP contribution in [0.2, 0.25) is 0 Å². The lowest BCUT2D eigenvalue weighted by Gasteiger charge is -2.15. The number of para-hydroxylation sites is 2. The summed E-state index contributed by atoms with van der Waals surface area (Å²) in [5, 5.41) is 5.97. The summed E-state index contributed by atoms with van der Waals surface area (Å²) in [7, 11) is 3.41. The Morgan fingerprint density at radius 2 is 1.76 bits per heavy atom. The Labute approximate surface area is 169 Å². The summed E-state index contributed by atoms with van der Waals surface area (Å²) in [5.74, 6) is 0.489. The molecule has 3 rings (SSSR count). The molecular weight excluding hydrogens is 368 g/mol. The number of amides is 1. The topological polar surface area (TPSA) is 77.3 Å². The van der Waals surface area contributed by atoms with Gasteiger partial charge in [-0.2, -0.15) is 0 Å². The first-order valence-electron chi connectivity index (χ1n) is 9.44. The van der Waals surface area contributed by atoms with E-state index in [1.165, 1.54) is 4.68 Å². The molecule has 1 heterocycles. The maximum absolute atomic E-state index is 12.9. The molecule has 29 heavy (non-hydrogen) atoms. The highest BCUT2D eigenvalue weighted by Gasteiger charge is 2.21. The summed E-state index contributed by atoms with van der Waals surface area (Å²) in [6, 6.07) is 16.5. The van der Waals surface area contributed by atoms with Crippen LogP contribution in [0.25, 0.3) is 5.69 Å². The van der Waals surface area contributed by atoms with Crippen molar-refractivity contribution in [1.29, 1.82) is 0 Å². The summed E-state index contributed by atoms with van der Waals surface area (Å²) < 4.78 is 8.61. The minimum absolute atomic E-state index is 0.263. The number of hydrogen-bond donors (Lipinski definition) is 2. The number of nitrogens with zero attached hydrogens (tertiary/aromatic N) is 2. The van der Waals surface area contributed by atoms with Crippen molar-refractivity contribution in [2.45, 2.75) is 26.4 Å². The standard InChI is InChI=1S/C22H26N4O3/c1-15(23-14-17-10-8-9-13-19(17)29-4)21(27)24-20-16(2)25(3)26(22(20)28)18-11-6-5-7-12-18/h5-13,15,23H,14H2,1-4H3,(H,24,27). The molecule has 3 aromatic rings. The maximum atomic E-state index is 12.9. The Kier molecular flexibility index (Phi) is 6.19. The monoisotopic (exact) mass is 394 g/mol. The largest absolute Gasteiger partial charge is 0.496 e. The second-order valence-corrected chi connectivity index (χ2v) is 6.84. The van der Waals surface area contributed by atoms with E-state index in [0.717, 1.165) is 17.0 Å². The number of anilines is 1. The summed E-state index contributed by atoms with van der Waals surface area (Å²) in [6.07, 6.45) is 0. The third-order valence-corrected chi connectivity index (χ3v) is 4.99. The molecule has 0 saturated heterocycles. The van der Waals surface area contributed by atoms with Crippen LogP contribution in [0.1, 0.15) is 18.2 Å². The number of benzene rings is 2. The van der Waals surface area contributed by atoms with E-state index in [1.807, 2.05) is 61.5 Å². The molecule has 0 saturated carbocycles. The van der Waals surface area contributed by atoms with Crippen LogP contribution in [-0.4, -0.2) is 28.4 Å². The van der Waals surface area contributed by atoms with Crippen molar-refractivity contribution < 1.29 is 9.53 Å². The Bertz CT molecular complexity index is 1050. The van der Waals surface area contributed by atoms with Gasteiger partial charge in [-0.15, -0.1) is 0 Å². The number of methoxy groups -OCH3 is 1. The molecule has 0 aliphatic rings. The minimum Gasteiger partial charge on any atom is -0.496 e. The quantitative estimate of drug-likeness (QED) is 0.646. The average molecular weight is 394 g/mol. The summed E-state index contributed by atoms with van der Waals surface area (Å²) in [5.41, 5.74) is 2.40. The third-order valence-electron chi connectivity index (χ3n) is 4.99. The number of rotatable bonds is 7. The average Bonchev–Trinajstić information content (AvgIpc) is 2.95. The lowest BCUT2D eigenvalue weighted by Crippen LogP contribution is -2.38. The first-order valence-corrected chi connectivity index (χ1v) is 9.44. The van der Waals surface area contributed by atoms with Gasteiger partial charge in [0.2, 0.25) is 5.91 Å². The summed E-state index contributed by atoms with van der Waals surface area (Å²) in [6.45, 7) is 4.04. The van der Waals surface area contributed by atoms with Crippen molar-refractivity contribution in [3.63, 3.8) is 0 Å². The van der Waals surface area contributed by atoms with Gasteiger partial charge in [0, 0.05) is 19.2 Å². The third kappa shape index (κ3) is 4.25. The van der Waals surface area contributed by atoms with Crippen LogP contribution >= 0.6 is 0 Å². The number of hydrogen-bond acceptors (Lipinski definition) is 4. The van der Waals surface area contributed by atoms with Gasteiger partial charge >= 0.3 is 0 Å². The molecule has 1 aromatic heterocycles. The van der Waals surface area contributed by atoms with Gasteiger partial charge in [0.05, 0.1) is 24.5 Å². The molecule has 2 N–H and O–H groups in total. The van der Waals surface area contributed by atoms with Crippen LogP contribution in [0.4, 0.5) is 5.69 Å². The molecule has 0 aliphatic heterocycles. The van der Waals surface area contributed by atoms with E-state index in [-0.39, 0.29) is 17.2 Å². The van der Waals surface area contributed by atoms with Crippen LogP contribution in [-0.2, 0) is 18.4 Å². The first kappa shape index (κ1) is 20.4. The second kappa shape index (κ2) is 8.79. The van der Waals surface area contributed by atoms with Crippen LogP contribution in [0, 0.1) is 6.92 Å². The van der Waals surface area contributed by atoms with Crippen molar-refractivity contribution >= 4 is 11.6 Å². The predicted molar refractivity (Wildman–Crippen MR) is 114 cm³/mol. The lowest BCUT2D eigenvalue weighted by atomic mass is 10.2. The number of carbonyl (C=O) groups excluding carboxylic acids is 1. The highest BCUT2D eigenvalue weighted by atomic mass is 16.5. The fraction of sp³-hybridized carbons (Fsp3) is 0.273. The van der Waals surface area contributed by atoms with Crippen molar-refractivity contribution in [3.05, 3.63) is 76.2 Å². The number of carbonyl (C=O) groups is 1. The molecule has 1 atom stereocenters. The Hall–Kier alpha value is -3.32.